The number of aryl methyl sites for hydroxylation is 1. The van der Waals surface area contributed by atoms with E-state index in [0.29, 0.717) is 12.2 Å². The van der Waals surface area contributed by atoms with Gasteiger partial charge in [-0.1, -0.05) is 43.3 Å². The summed E-state index contributed by atoms with van der Waals surface area (Å²) >= 11 is 0. The van der Waals surface area contributed by atoms with Crippen molar-refractivity contribution in [2.24, 2.45) is 0 Å². The Hall–Kier alpha value is -2.16. The molecule has 0 saturated heterocycles. The van der Waals surface area contributed by atoms with Gasteiger partial charge in [-0.15, -0.1) is 0 Å². The first-order valence-electron chi connectivity index (χ1n) is 6.43. The molecule has 3 nitrogen and oxygen atoms in total. The Morgan fingerprint density at radius 2 is 1.95 bits per heavy atom. The number of rotatable bonds is 4. The predicted molar refractivity (Wildman–Crippen MR) is 77.1 cm³/mol. The number of benzene rings is 1. The van der Waals surface area contributed by atoms with Gasteiger partial charge in [-0.05, 0) is 30.0 Å². The summed E-state index contributed by atoms with van der Waals surface area (Å²) in [6.45, 7) is 3.99. The molecule has 1 heterocycles. The standard InChI is InChI=1S/C16H18N2O/c1-12-7-6-10-17-16(12)18-15(19)11-13(2)14-8-4-3-5-9-14/h3-10,13H,11H2,1-2H3,(H,17,18,19)/t13-/m0/s1. The van der Waals surface area contributed by atoms with Gasteiger partial charge in [0.1, 0.15) is 5.82 Å². The van der Waals surface area contributed by atoms with Gasteiger partial charge in [0.2, 0.25) is 5.91 Å². The molecular formula is C16H18N2O. The van der Waals surface area contributed by atoms with Crippen LogP contribution in [0, 0.1) is 6.92 Å². The largest absolute Gasteiger partial charge is 0.310 e. The first kappa shape index (κ1) is 13.3. The molecule has 2 aromatic rings. The van der Waals surface area contributed by atoms with Gasteiger partial charge in [0.05, 0.1) is 0 Å². The smallest absolute Gasteiger partial charge is 0.226 e. The van der Waals surface area contributed by atoms with E-state index in [0.717, 1.165) is 5.56 Å². The highest BCUT2D eigenvalue weighted by Gasteiger charge is 2.12. The minimum absolute atomic E-state index is 0.00171. The normalized spacial score (nSPS) is 11.9. The first-order chi connectivity index (χ1) is 9.16. The van der Waals surface area contributed by atoms with Gasteiger partial charge >= 0.3 is 0 Å². The van der Waals surface area contributed by atoms with Crippen molar-refractivity contribution in [2.75, 3.05) is 5.32 Å². The average Bonchev–Trinajstić information content (AvgIpc) is 2.42. The summed E-state index contributed by atoms with van der Waals surface area (Å²) in [5.41, 5.74) is 2.15. The number of hydrogen-bond donors (Lipinski definition) is 1. The highest BCUT2D eigenvalue weighted by Crippen LogP contribution is 2.19. The maximum atomic E-state index is 12.0. The molecule has 0 aliphatic heterocycles. The Morgan fingerprint density at radius 3 is 2.63 bits per heavy atom. The Morgan fingerprint density at radius 1 is 1.21 bits per heavy atom. The molecule has 1 amide bonds. The first-order valence-corrected chi connectivity index (χ1v) is 6.43. The van der Waals surface area contributed by atoms with Gasteiger partial charge in [-0.3, -0.25) is 4.79 Å². The summed E-state index contributed by atoms with van der Waals surface area (Å²) in [5, 5.41) is 2.86. The monoisotopic (exact) mass is 254 g/mol. The number of carbonyl (C=O) groups excluding carboxylic acids is 1. The molecule has 2 rings (SSSR count). The molecule has 1 N–H and O–H groups in total. The van der Waals surface area contributed by atoms with Crippen molar-refractivity contribution in [1.82, 2.24) is 4.98 Å². The van der Waals surface area contributed by atoms with E-state index in [9.17, 15) is 4.79 Å². The maximum absolute atomic E-state index is 12.0. The highest BCUT2D eigenvalue weighted by molar-refractivity contribution is 5.90. The fourth-order valence-corrected chi connectivity index (χ4v) is 1.98. The number of anilines is 1. The molecule has 0 radical (unpaired) electrons. The van der Waals surface area contributed by atoms with E-state index in [1.54, 1.807) is 6.20 Å². The lowest BCUT2D eigenvalue weighted by molar-refractivity contribution is -0.116. The molecule has 1 aromatic heterocycles. The van der Waals surface area contributed by atoms with Crippen LogP contribution in [0.5, 0.6) is 0 Å². The Labute approximate surface area is 113 Å². The molecule has 98 valence electrons. The molecule has 0 saturated carbocycles. The lowest BCUT2D eigenvalue weighted by Crippen LogP contribution is -2.16. The van der Waals surface area contributed by atoms with Crippen molar-refractivity contribution in [3.05, 3.63) is 59.8 Å². The van der Waals surface area contributed by atoms with Crippen LogP contribution in [0.15, 0.2) is 48.7 Å². The summed E-state index contributed by atoms with van der Waals surface area (Å²) in [6, 6.07) is 13.8. The second-order valence-electron chi connectivity index (χ2n) is 4.73. The number of nitrogens with one attached hydrogen (secondary N) is 1. The van der Waals surface area contributed by atoms with Crippen LogP contribution < -0.4 is 5.32 Å². The molecule has 3 heteroatoms. The van der Waals surface area contributed by atoms with Gasteiger partial charge in [0.15, 0.2) is 0 Å². The Bertz CT molecular complexity index is 552. The summed E-state index contributed by atoms with van der Waals surface area (Å²) in [5.74, 6) is 0.844. The van der Waals surface area contributed by atoms with Gasteiger partial charge in [-0.25, -0.2) is 4.98 Å². The van der Waals surface area contributed by atoms with Crippen LogP contribution in [0.4, 0.5) is 5.82 Å². The zero-order valence-electron chi connectivity index (χ0n) is 11.3. The molecule has 0 bridgehead atoms. The SMILES string of the molecule is Cc1cccnc1NC(=O)C[C@H](C)c1ccccc1. The van der Waals surface area contributed by atoms with Crippen molar-refractivity contribution in [3.8, 4) is 0 Å². The van der Waals surface area contributed by atoms with Crippen LogP contribution in [-0.2, 0) is 4.79 Å². The number of nitrogens with zero attached hydrogens (tertiary/aromatic N) is 1. The summed E-state index contributed by atoms with van der Waals surface area (Å²) in [4.78, 5) is 16.2. The Balaban J connectivity index is 1.97. The third-order valence-corrected chi connectivity index (χ3v) is 3.13. The molecule has 1 atom stereocenters. The van der Waals surface area contributed by atoms with E-state index in [-0.39, 0.29) is 11.8 Å². The molecule has 19 heavy (non-hydrogen) atoms. The topological polar surface area (TPSA) is 42.0 Å². The van der Waals surface area contributed by atoms with E-state index >= 15 is 0 Å². The van der Waals surface area contributed by atoms with Gasteiger partial charge in [0, 0.05) is 12.6 Å². The Kier molecular flexibility index (Phi) is 4.29. The number of pyridine rings is 1. The number of aromatic nitrogens is 1. The van der Waals surface area contributed by atoms with E-state index in [1.165, 1.54) is 5.56 Å². The second-order valence-corrected chi connectivity index (χ2v) is 4.73. The van der Waals surface area contributed by atoms with E-state index in [4.69, 9.17) is 0 Å². The van der Waals surface area contributed by atoms with Crippen molar-refractivity contribution in [2.45, 2.75) is 26.2 Å². The van der Waals surface area contributed by atoms with E-state index in [2.05, 4.69) is 17.2 Å². The van der Waals surface area contributed by atoms with Crippen LogP contribution in [0.1, 0.15) is 30.4 Å². The van der Waals surface area contributed by atoms with Crippen molar-refractivity contribution >= 4 is 11.7 Å². The molecule has 0 fully saturated rings. The minimum atomic E-state index is -0.00171. The molecular weight excluding hydrogens is 236 g/mol. The quantitative estimate of drug-likeness (QED) is 0.907. The van der Waals surface area contributed by atoms with Crippen molar-refractivity contribution in [3.63, 3.8) is 0 Å². The van der Waals surface area contributed by atoms with Gasteiger partial charge < -0.3 is 5.32 Å². The van der Waals surface area contributed by atoms with Crippen LogP contribution >= 0.6 is 0 Å². The fourth-order valence-electron chi connectivity index (χ4n) is 1.98. The molecule has 0 spiro atoms. The van der Waals surface area contributed by atoms with Crippen LogP contribution in [0.3, 0.4) is 0 Å². The average molecular weight is 254 g/mol. The second kappa shape index (κ2) is 6.14. The highest BCUT2D eigenvalue weighted by atomic mass is 16.1. The van der Waals surface area contributed by atoms with Crippen LogP contribution in [-0.4, -0.2) is 10.9 Å². The zero-order chi connectivity index (χ0) is 13.7. The van der Waals surface area contributed by atoms with Gasteiger partial charge in [0.25, 0.3) is 0 Å². The molecule has 0 aliphatic rings. The van der Waals surface area contributed by atoms with Crippen LogP contribution in [0.25, 0.3) is 0 Å². The third kappa shape index (κ3) is 3.65. The van der Waals surface area contributed by atoms with Crippen molar-refractivity contribution < 1.29 is 4.79 Å². The lowest BCUT2D eigenvalue weighted by atomic mass is 9.97. The molecule has 0 unspecified atom stereocenters. The summed E-state index contributed by atoms with van der Waals surface area (Å²) in [6.07, 6.45) is 2.14. The van der Waals surface area contributed by atoms with E-state index < -0.39 is 0 Å². The number of amides is 1. The predicted octanol–water partition coefficient (Wildman–Crippen LogP) is 3.52. The maximum Gasteiger partial charge on any atom is 0.226 e. The fraction of sp³-hybridized carbons (Fsp3) is 0.250. The van der Waals surface area contributed by atoms with Crippen LogP contribution in [0.2, 0.25) is 0 Å². The third-order valence-electron chi connectivity index (χ3n) is 3.13. The summed E-state index contributed by atoms with van der Waals surface area (Å²) in [7, 11) is 0. The molecule has 1 aromatic carbocycles. The van der Waals surface area contributed by atoms with Gasteiger partial charge in [-0.2, -0.15) is 0 Å². The lowest BCUT2D eigenvalue weighted by Gasteiger charge is -2.12. The summed E-state index contributed by atoms with van der Waals surface area (Å²) < 4.78 is 0. The zero-order valence-corrected chi connectivity index (χ0v) is 11.3. The minimum Gasteiger partial charge on any atom is -0.310 e. The number of hydrogen-bond acceptors (Lipinski definition) is 2. The number of carbonyl (C=O) groups is 1. The van der Waals surface area contributed by atoms with Crippen molar-refractivity contribution in [1.29, 1.82) is 0 Å². The molecule has 0 aliphatic carbocycles. The van der Waals surface area contributed by atoms with E-state index in [1.807, 2.05) is 49.4 Å².